The Bertz CT molecular complexity index is 385. The van der Waals surface area contributed by atoms with Crippen LogP contribution in [0.1, 0.15) is 74.2 Å². The van der Waals surface area contributed by atoms with Crippen LogP contribution in [0.5, 0.6) is 0 Å². The van der Waals surface area contributed by atoms with Crippen molar-refractivity contribution in [2.75, 3.05) is 0 Å². The van der Waals surface area contributed by atoms with Crippen molar-refractivity contribution >= 4 is 5.78 Å². The van der Waals surface area contributed by atoms with E-state index in [4.69, 9.17) is 0 Å². The van der Waals surface area contributed by atoms with Crippen molar-refractivity contribution < 1.29 is 4.79 Å². The molecular formula is C17H24O. The third kappa shape index (κ3) is 3.01. The van der Waals surface area contributed by atoms with Crippen LogP contribution in [0, 0.1) is 5.92 Å². The van der Waals surface area contributed by atoms with E-state index in [1.807, 2.05) is 12.1 Å². The zero-order chi connectivity index (χ0) is 13.0. The maximum Gasteiger partial charge on any atom is 0.165 e. The molecule has 1 aromatic rings. The van der Waals surface area contributed by atoms with Crippen molar-refractivity contribution in [1.29, 1.82) is 0 Å². The van der Waals surface area contributed by atoms with Gasteiger partial charge in [-0.1, -0.05) is 57.4 Å². The number of hydrogen-bond donors (Lipinski definition) is 0. The maximum atomic E-state index is 12.4. The predicted octanol–water partition coefficient (Wildman–Crippen LogP) is 4.96. The first-order chi connectivity index (χ1) is 8.72. The average molecular weight is 244 g/mol. The highest BCUT2D eigenvalue weighted by molar-refractivity contribution is 5.97. The summed E-state index contributed by atoms with van der Waals surface area (Å²) in [5.41, 5.74) is 2.26. The molecule has 1 aliphatic carbocycles. The van der Waals surface area contributed by atoms with Crippen LogP contribution in [0.2, 0.25) is 0 Å². The summed E-state index contributed by atoms with van der Waals surface area (Å²) in [5, 5.41) is 0. The minimum absolute atomic E-state index is 0.285. The van der Waals surface area contributed by atoms with E-state index in [1.54, 1.807) is 0 Å². The second-order valence-electron chi connectivity index (χ2n) is 5.63. The Hall–Kier alpha value is -1.11. The van der Waals surface area contributed by atoms with E-state index in [1.165, 1.54) is 24.8 Å². The Balaban J connectivity index is 2.06. The molecule has 1 atom stereocenters. The number of Topliss-reactive ketones (excluding diaryl/α,β-unsaturated/α-hetero) is 1. The number of carbonyl (C=O) groups excluding carboxylic acids is 1. The third-order valence-corrected chi connectivity index (χ3v) is 4.35. The van der Waals surface area contributed by atoms with Crippen LogP contribution in [0.4, 0.5) is 0 Å². The standard InChI is InChI=1S/C17H24O/c1-3-13(2)14-9-11-16(12-10-14)17(18)15-7-5-4-6-8-15/h9-13,15H,3-8H2,1-2H3. The molecule has 0 saturated heterocycles. The fraction of sp³-hybridized carbons (Fsp3) is 0.588. The second-order valence-corrected chi connectivity index (χ2v) is 5.63. The molecule has 1 aromatic carbocycles. The zero-order valence-electron chi connectivity index (χ0n) is 11.6. The van der Waals surface area contributed by atoms with Crippen molar-refractivity contribution in [1.82, 2.24) is 0 Å². The largest absolute Gasteiger partial charge is 0.294 e. The Morgan fingerprint density at radius 3 is 2.33 bits per heavy atom. The van der Waals surface area contributed by atoms with Crippen LogP contribution in [0.3, 0.4) is 0 Å². The highest BCUT2D eigenvalue weighted by Crippen LogP contribution is 2.27. The van der Waals surface area contributed by atoms with Gasteiger partial charge < -0.3 is 0 Å². The first-order valence-corrected chi connectivity index (χ1v) is 7.36. The Morgan fingerprint density at radius 1 is 1.17 bits per heavy atom. The van der Waals surface area contributed by atoms with Crippen LogP contribution in [0.25, 0.3) is 0 Å². The van der Waals surface area contributed by atoms with Gasteiger partial charge in [-0.05, 0) is 30.7 Å². The molecule has 0 spiro atoms. The molecule has 0 heterocycles. The summed E-state index contributed by atoms with van der Waals surface area (Å²) in [4.78, 5) is 12.4. The summed E-state index contributed by atoms with van der Waals surface area (Å²) in [7, 11) is 0. The van der Waals surface area contributed by atoms with E-state index >= 15 is 0 Å². The lowest BCUT2D eigenvalue weighted by molar-refractivity contribution is 0.0889. The van der Waals surface area contributed by atoms with Crippen molar-refractivity contribution in [2.24, 2.45) is 5.92 Å². The van der Waals surface area contributed by atoms with Gasteiger partial charge >= 0.3 is 0 Å². The smallest absolute Gasteiger partial charge is 0.165 e. The van der Waals surface area contributed by atoms with Gasteiger partial charge in [0, 0.05) is 11.5 Å². The SMILES string of the molecule is CCC(C)c1ccc(C(=O)C2CCCCC2)cc1. The minimum Gasteiger partial charge on any atom is -0.294 e. The van der Waals surface area contributed by atoms with E-state index in [2.05, 4.69) is 26.0 Å². The molecule has 0 N–H and O–H groups in total. The molecule has 1 unspecified atom stereocenters. The molecule has 98 valence electrons. The molecule has 1 fully saturated rings. The van der Waals surface area contributed by atoms with Crippen LogP contribution >= 0.6 is 0 Å². The highest BCUT2D eigenvalue weighted by Gasteiger charge is 2.22. The summed E-state index contributed by atoms with van der Waals surface area (Å²) in [5.74, 6) is 1.24. The molecule has 18 heavy (non-hydrogen) atoms. The van der Waals surface area contributed by atoms with Crippen molar-refractivity contribution in [3.63, 3.8) is 0 Å². The van der Waals surface area contributed by atoms with Gasteiger partial charge in [-0.25, -0.2) is 0 Å². The predicted molar refractivity (Wildman–Crippen MR) is 76.1 cm³/mol. The van der Waals surface area contributed by atoms with E-state index in [-0.39, 0.29) is 5.92 Å². The molecule has 0 amide bonds. The van der Waals surface area contributed by atoms with Gasteiger partial charge in [0.25, 0.3) is 0 Å². The summed E-state index contributed by atoms with van der Waals surface area (Å²) in [6.07, 6.45) is 7.08. The third-order valence-electron chi connectivity index (χ3n) is 4.35. The van der Waals surface area contributed by atoms with Gasteiger partial charge in [-0.2, -0.15) is 0 Å². The summed E-state index contributed by atoms with van der Waals surface area (Å²) >= 11 is 0. The van der Waals surface area contributed by atoms with Gasteiger partial charge in [0.15, 0.2) is 5.78 Å². The Labute approximate surface area is 111 Å². The van der Waals surface area contributed by atoms with Crippen molar-refractivity contribution in [3.05, 3.63) is 35.4 Å². The Kier molecular flexibility index (Phi) is 4.57. The monoisotopic (exact) mass is 244 g/mol. The fourth-order valence-corrected chi connectivity index (χ4v) is 2.81. The molecule has 1 nitrogen and oxygen atoms in total. The molecule has 2 rings (SSSR count). The number of benzene rings is 1. The van der Waals surface area contributed by atoms with Crippen molar-refractivity contribution in [2.45, 2.75) is 58.3 Å². The van der Waals surface area contributed by atoms with Crippen LogP contribution < -0.4 is 0 Å². The lowest BCUT2D eigenvalue weighted by Crippen LogP contribution is -2.17. The molecule has 1 heteroatoms. The van der Waals surface area contributed by atoms with E-state index in [9.17, 15) is 4.79 Å². The summed E-state index contributed by atoms with van der Waals surface area (Å²) in [6.45, 7) is 4.43. The van der Waals surface area contributed by atoms with Gasteiger partial charge in [-0.15, -0.1) is 0 Å². The number of hydrogen-bond acceptors (Lipinski definition) is 1. The quantitative estimate of drug-likeness (QED) is 0.684. The molecular weight excluding hydrogens is 220 g/mol. The number of rotatable bonds is 4. The molecule has 1 saturated carbocycles. The summed E-state index contributed by atoms with van der Waals surface area (Å²) in [6, 6.07) is 8.31. The second kappa shape index (κ2) is 6.17. The first-order valence-electron chi connectivity index (χ1n) is 7.36. The van der Waals surface area contributed by atoms with E-state index in [0.29, 0.717) is 11.7 Å². The average Bonchev–Trinajstić information content (AvgIpc) is 2.47. The van der Waals surface area contributed by atoms with E-state index < -0.39 is 0 Å². The number of carbonyl (C=O) groups is 1. The van der Waals surface area contributed by atoms with Crippen LogP contribution in [0.15, 0.2) is 24.3 Å². The molecule has 0 radical (unpaired) electrons. The van der Waals surface area contributed by atoms with Gasteiger partial charge in [0.05, 0.1) is 0 Å². The van der Waals surface area contributed by atoms with Gasteiger partial charge in [0.2, 0.25) is 0 Å². The molecule has 1 aliphatic rings. The first kappa shape index (κ1) is 13.3. The van der Waals surface area contributed by atoms with E-state index in [0.717, 1.165) is 24.8 Å². The topological polar surface area (TPSA) is 17.1 Å². The minimum atomic E-state index is 0.285. The fourth-order valence-electron chi connectivity index (χ4n) is 2.81. The zero-order valence-corrected chi connectivity index (χ0v) is 11.6. The maximum absolute atomic E-state index is 12.4. The number of ketones is 1. The lowest BCUT2D eigenvalue weighted by atomic mass is 9.83. The van der Waals surface area contributed by atoms with Crippen molar-refractivity contribution in [3.8, 4) is 0 Å². The normalized spacial score (nSPS) is 18.6. The van der Waals surface area contributed by atoms with Crippen LogP contribution in [-0.4, -0.2) is 5.78 Å². The van der Waals surface area contributed by atoms with Gasteiger partial charge in [-0.3, -0.25) is 4.79 Å². The molecule has 0 bridgehead atoms. The van der Waals surface area contributed by atoms with Crippen LogP contribution in [-0.2, 0) is 0 Å². The lowest BCUT2D eigenvalue weighted by Gasteiger charge is -2.20. The molecule has 0 aromatic heterocycles. The highest BCUT2D eigenvalue weighted by atomic mass is 16.1. The Morgan fingerprint density at radius 2 is 1.78 bits per heavy atom. The van der Waals surface area contributed by atoms with Gasteiger partial charge in [0.1, 0.15) is 0 Å². The summed E-state index contributed by atoms with van der Waals surface area (Å²) < 4.78 is 0. The molecule has 0 aliphatic heterocycles.